The molecular weight excluding hydrogens is 284 g/mol. The topological polar surface area (TPSA) is 108 Å². The van der Waals surface area contributed by atoms with Crippen LogP contribution in [-0.2, 0) is 0 Å². The lowest BCUT2D eigenvalue weighted by molar-refractivity contribution is -0.384. The third kappa shape index (κ3) is 2.94. The highest BCUT2D eigenvalue weighted by Crippen LogP contribution is 2.28. The van der Waals surface area contributed by atoms with Gasteiger partial charge in [0, 0.05) is 22.7 Å². The minimum Gasteiger partial charge on any atom is -0.334 e. The summed E-state index contributed by atoms with van der Waals surface area (Å²) in [6.07, 6.45) is 0. The highest BCUT2D eigenvalue weighted by Gasteiger charge is 2.19. The van der Waals surface area contributed by atoms with Crippen LogP contribution in [0.4, 0.5) is 5.69 Å². The van der Waals surface area contributed by atoms with Gasteiger partial charge in [-0.2, -0.15) is 4.98 Å². The number of nitro groups is 1. The van der Waals surface area contributed by atoms with E-state index >= 15 is 0 Å². The Morgan fingerprint density at radius 3 is 2.70 bits per heavy atom. The number of nitrogens with two attached hydrogens (primary N) is 1. The molecule has 1 atom stereocenters. The molecule has 1 unspecified atom stereocenters. The number of benzene rings is 1. The Morgan fingerprint density at radius 1 is 1.40 bits per heavy atom. The van der Waals surface area contributed by atoms with Gasteiger partial charge in [-0.15, -0.1) is 0 Å². The summed E-state index contributed by atoms with van der Waals surface area (Å²) in [4.78, 5) is 14.4. The summed E-state index contributed by atoms with van der Waals surface area (Å²) in [7, 11) is 0. The zero-order valence-corrected chi connectivity index (χ0v) is 11.7. The second-order valence-corrected chi connectivity index (χ2v) is 5.12. The quantitative estimate of drug-likeness (QED) is 0.686. The van der Waals surface area contributed by atoms with E-state index in [9.17, 15) is 10.1 Å². The number of halogens is 1. The molecule has 106 valence electrons. The Morgan fingerprint density at radius 2 is 2.10 bits per heavy atom. The van der Waals surface area contributed by atoms with Gasteiger partial charge in [0.05, 0.1) is 11.0 Å². The van der Waals surface area contributed by atoms with Gasteiger partial charge in [-0.05, 0) is 12.0 Å². The van der Waals surface area contributed by atoms with Crippen LogP contribution < -0.4 is 5.73 Å². The molecule has 0 amide bonds. The molecule has 0 aliphatic carbocycles. The van der Waals surface area contributed by atoms with Crippen LogP contribution in [-0.4, -0.2) is 15.1 Å². The highest BCUT2D eigenvalue weighted by atomic mass is 35.5. The predicted molar refractivity (Wildman–Crippen MR) is 73.2 cm³/mol. The van der Waals surface area contributed by atoms with Gasteiger partial charge in [-0.25, -0.2) is 0 Å². The van der Waals surface area contributed by atoms with E-state index in [0.29, 0.717) is 11.4 Å². The smallest absolute Gasteiger partial charge is 0.271 e. The molecule has 2 N–H and O–H groups in total. The number of non-ortho nitro benzene ring substituents is 1. The van der Waals surface area contributed by atoms with Crippen molar-refractivity contribution in [1.82, 2.24) is 10.1 Å². The molecule has 0 aliphatic heterocycles. The molecule has 2 rings (SSSR count). The van der Waals surface area contributed by atoms with Crippen molar-refractivity contribution in [2.45, 2.75) is 19.9 Å². The molecule has 0 saturated heterocycles. The second kappa shape index (κ2) is 5.56. The van der Waals surface area contributed by atoms with Gasteiger partial charge < -0.3 is 10.3 Å². The first-order valence-electron chi connectivity index (χ1n) is 5.93. The first-order valence-corrected chi connectivity index (χ1v) is 6.31. The van der Waals surface area contributed by atoms with Gasteiger partial charge in [-0.1, -0.05) is 30.6 Å². The lowest BCUT2D eigenvalue weighted by Gasteiger charge is -2.09. The van der Waals surface area contributed by atoms with E-state index in [1.807, 2.05) is 13.8 Å². The third-order valence-corrected chi connectivity index (χ3v) is 3.02. The number of hydrogen-bond acceptors (Lipinski definition) is 6. The second-order valence-electron chi connectivity index (χ2n) is 4.68. The molecular formula is C12H13ClN4O3. The predicted octanol–water partition coefficient (Wildman–Crippen LogP) is 2.95. The maximum absolute atomic E-state index is 10.8. The van der Waals surface area contributed by atoms with E-state index < -0.39 is 4.92 Å². The van der Waals surface area contributed by atoms with Crippen molar-refractivity contribution in [2.75, 3.05) is 0 Å². The van der Waals surface area contributed by atoms with E-state index in [0.717, 1.165) is 0 Å². The summed E-state index contributed by atoms with van der Waals surface area (Å²) in [6, 6.07) is 3.74. The molecule has 0 bridgehead atoms. The largest absolute Gasteiger partial charge is 0.334 e. The highest BCUT2D eigenvalue weighted by molar-refractivity contribution is 6.31. The lowest BCUT2D eigenvalue weighted by Crippen LogP contribution is -2.18. The van der Waals surface area contributed by atoms with Gasteiger partial charge in [0.25, 0.3) is 11.6 Å². The van der Waals surface area contributed by atoms with E-state index in [-0.39, 0.29) is 28.6 Å². The summed E-state index contributed by atoms with van der Waals surface area (Å²) in [5.74, 6) is 0.661. The summed E-state index contributed by atoms with van der Waals surface area (Å²) < 4.78 is 5.09. The standard InChI is InChI=1S/C12H13ClN4O3/c1-6(2)10(14)11-15-12(20-16-11)7-3-8(13)5-9(4-7)17(18)19/h3-6,10H,14H2,1-2H3. The molecule has 0 spiro atoms. The van der Waals surface area contributed by atoms with Crippen LogP contribution in [0.1, 0.15) is 25.7 Å². The Labute approximate surface area is 119 Å². The molecule has 0 saturated carbocycles. The van der Waals surface area contributed by atoms with Gasteiger partial charge in [0.2, 0.25) is 0 Å². The molecule has 1 aromatic carbocycles. The maximum atomic E-state index is 10.8. The summed E-state index contributed by atoms with van der Waals surface area (Å²) >= 11 is 5.84. The SMILES string of the molecule is CC(C)C(N)c1noc(-c2cc(Cl)cc([N+](=O)[O-])c2)n1. The van der Waals surface area contributed by atoms with Crippen LogP contribution in [0.3, 0.4) is 0 Å². The molecule has 7 nitrogen and oxygen atoms in total. The maximum Gasteiger partial charge on any atom is 0.271 e. The first-order chi connectivity index (χ1) is 9.38. The van der Waals surface area contributed by atoms with Crippen molar-refractivity contribution in [2.24, 2.45) is 11.7 Å². The van der Waals surface area contributed by atoms with E-state index in [1.54, 1.807) is 0 Å². The Bertz CT molecular complexity index is 641. The van der Waals surface area contributed by atoms with Crippen LogP contribution >= 0.6 is 11.6 Å². The lowest BCUT2D eigenvalue weighted by atomic mass is 10.1. The number of nitro benzene ring substituents is 1. The molecule has 8 heteroatoms. The fourth-order valence-electron chi connectivity index (χ4n) is 1.59. The van der Waals surface area contributed by atoms with Crippen molar-refractivity contribution < 1.29 is 9.45 Å². The van der Waals surface area contributed by atoms with Crippen molar-refractivity contribution in [3.05, 3.63) is 39.2 Å². The number of rotatable bonds is 4. The average molecular weight is 297 g/mol. The van der Waals surface area contributed by atoms with Crippen LogP contribution in [0, 0.1) is 16.0 Å². The van der Waals surface area contributed by atoms with Gasteiger partial charge in [-0.3, -0.25) is 10.1 Å². The van der Waals surface area contributed by atoms with E-state index in [2.05, 4.69) is 10.1 Å². The van der Waals surface area contributed by atoms with Gasteiger partial charge in [0.1, 0.15) is 0 Å². The van der Waals surface area contributed by atoms with Crippen LogP contribution in [0.15, 0.2) is 22.7 Å². The van der Waals surface area contributed by atoms with Crippen LogP contribution in [0.5, 0.6) is 0 Å². The van der Waals surface area contributed by atoms with Crippen LogP contribution in [0.25, 0.3) is 11.5 Å². The fourth-order valence-corrected chi connectivity index (χ4v) is 1.82. The van der Waals surface area contributed by atoms with Crippen molar-refractivity contribution in [3.8, 4) is 11.5 Å². The molecule has 1 aromatic heterocycles. The molecule has 20 heavy (non-hydrogen) atoms. The van der Waals surface area contributed by atoms with Crippen molar-refractivity contribution in [3.63, 3.8) is 0 Å². The molecule has 0 aliphatic rings. The van der Waals surface area contributed by atoms with Crippen molar-refractivity contribution in [1.29, 1.82) is 0 Å². The zero-order valence-electron chi connectivity index (χ0n) is 10.9. The van der Waals surface area contributed by atoms with Crippen LogP contribution in [0.2, 0.25) is 5.02 Å². The number of nitrogens with zero attached hydrogens (tertiary/aromatic N) is 3. The normalized spacial score (nSPS) is 12.7. The van der Waals surface area contributed by atoms with Crippen molar-refractivity contribution >= 4 is 17.3 Å². The zero-order chi connectivity index (χ0) is 14.9. The Kier molecular flexibility index (Phi) is 4.01. The Balaban J connectivity index is 2.39. The number of hydrogen-bond donors (Lipinski definition) is 1. The summed E-state index contributed by atoms with van der Waals surface area (Å²) in [5, 5.41) is 14.8. The van der Waals surface area contributed by atoms with E-state index in [1.165, 1.54) is 18.2 Å². The molecule has 2 aromatic rings. The summed E-state index contributed by atoms with van der Waals surface area (Å²) in [6.45, 7) is 3.87. The van der Waals surface area contributed by atoms with E-state index in [4.69, 9.17) is 21.9 Å². The minimum atomic E-state index is -0.535. The fraction of sp³-hybridized carbons (Fsp3) is 0.333. The summed E-state index contributed by atoms with van der Waals surface area (Å²) in [5.41, 5.74) is 6.17. The first kappa shape index (κ1) is 14.4. The third-order valence-electron chi connectivity index (χ3n) is 2.80. The number of aromatic nitrogens is 2. The Hall–Kier alpha value is -1.99. The molecule has 1 heterocycles. The average Bonchev–Trinajstić information content (AvgIpc) is 2.86. The minimum absolute atomic E-state index is 0.139. The van der Waals surface area contributed by atoms with Gasteiger partial charge >= 0.3 is 0 Å². The molecule has 0 fully saturated rings. The monoisotopic (exact) mass is 296 g/mol. The molecule has 0 radical (unpaired) electrons. The van der Waals surface area contributed by atoms with Gasteiger partial charge in [0.15, 0.2) is 5.82 Å².